The van der Waals surface area contributed by atoms with Crippen molar-refractivity contribution >= 4 is 18.1 Å². The minimum Gasteiger partial charge on any atom is -0.472 e. The highest BCUT2D eigenvalue weighted by molar-refractivity contribution is 5.97. The fourth-order valence-corrected chi connectivity index (χ4v) is 4.28. The number of fused-ring (bicyclic) bond motifs is 1. The Labute approximate surface area is 212 Å². The quantitative estimate of drug-likeness (QED) is 0.521. The van der Waals surface area contributed by atoms with E-state index in [0.29, 0.717) is 31.1 Å². The van der Waals surface area contributed by atoms with Crippen LogP contribution in [-0.2, 0) is 6.54 Å². The lowest BCUT2D eigenvalue weighted by Gasteiger charge is -2.37. The number of nitrogens with zero attached hydrogens (tertiary/aromatic N) is 5. The molecule has 4 rings (SSSR count). The average molecular weight is 488 g/mol. The van der Waals surface area contributed by atoms with Gasteiger partial charge in [0.05, 0.1) is 12.6 Å². The number of pyridine rings is 1. The summed E-state index contributed by atoms with van der Waals surface area (Å²) in [6.07, 6.45) is 10.6. The summed E-state index contributed by atoms with van der Waals surface area (Å²) in [6, 6.07) is 11.5. The molecule has 0 saturated carbocycles. The molecule has 0 bridgehead atoms. The molecular weight excluding hydrogens is 454 g/mol. The van der Waals surface area contributed by atoms with Crippen LogP contribution in [0.5, 0.6) is 5.88 Å². The van der Waals surface area contributed by atoms with E-state index in [1.807, 2.05) is 62.5 Å². The molecule has 3 atom stereocenters. The third-order valence-electron chi connectivity index (χ3n) is 6.37. The fraction of sp³-hybridized carbons (Fsp3) is 0.357. The van der Waals surface area contributed by atoms with E-state index in [1.54, 1.807) is 23.5 Å². The van der Waals surface area contributed by atoms with Gasteiger partial charge < -0.3 is 14.7 Å². The number of likely N-dealkylation sites (N-methyl/N-ethyl adjacent to an activating group) is 1. The van der Waals surface area contributed by atoms with Gasteiger partial charge >= 0.3 is 0 Å². The van der Waals surface area contributed by atoms with Crippen LogP contribution in [-0.4, -0.2) is 74.7 Å². The maximum absolute atomic E-state index is 13.6. The summed E-state index contributed by atoms with van der Waals surface area (Å²) in [4.78, 5) is 30.2. The second-order valence-electron chi connectivity index (χ2n) is 9.43. The molecular formula is C28H33N5O3. The SMILES string of the molecule is CC(CO)N1C[C@H](C)[C@@H](CN(C)Cc2cncnc2)Oc2ncc(C=Cc3ccccc3)cc2C1=O. The zero-order valence-electron chi connectivity index (χ0n) is 21.0. The fourth-order valence-electron chi connectivity index (χ4n) is 4.28. The Hall–Kier alpha value is -3.62. The van der Waals surface area contributed by atoms with Crippen LogP contribution in [0.2, 0.25) is 0 Å². The van der Waals surface area contributed by atoms with Gasteiger partial charge in [0.25, 0.3) is 5.91 Å². The van der Waals surface area contributed by atoms with Crippen molar-refractivity contribution in [2.24, 2.45) is 5.92 Å². The van der Waals surface area contributed by atoms with Crippen LogP contribution in [0.4, 0.5) is 0 Å². The van der Waals surface area contributed by atoms with Crippen LogP contribution in [0.1, 0.15) is 40.9 Å². The highest BCUT2D eigenvalue weighted by atomic mass is 16.5. The van der Waals surface area contributed by atoms with Gasteiger partial charge in [-0.1, -0.05) is 49.4 Å². The first kappa shape index (κ1) is 25.5. The number of rotatable bonds is 8. The smallest absolute Gasteiger partial charge is 0.259 e. The third kappa shape index (κ3) is 6.33. The third-order valence-corrected chi connectivity index (χ3v) is 6.37. The molecule has 0 radical (unpaired) electrons. The molecule has 188 valence electrons. The molecule has 36 heavy (non-hydrogen) atoms. The Morgan fingerprint density at radius 2 is 1.89 bits per heavy atom. The number of hydrogen-bond acceptors (Lipinski definition) is 7. The van der Waals surface area contributed by atoms with Gasteiger partial charge in [-0.25, -0.2) is 15.0 Å². The van der Waals surface area contributed by atoms with Gasteiger partial charge in [-0.3, -0.25) is 9.69 Å². The van der Waals surface area contributed by atoms with Crippen molar-refractivity contribution in [3.05, 3.63) is 83.6 Å². The predicted octanol–water partition coefficient (Wildman–Crippen LogP) is 3.39. The lowest BCUT2D eigenvalue weighted by Crippen LogP contribution is -2.49. The van der Waals surface area contributed by atoms with Crippen molar-refractivity contribution in [1.82, 2.24) is 24.8 Å². The maximum Gasteiger partial charge on any atom is 0.259 e. The number of hydrogen-bond donors (Lipinski definition) is 1. The molecule has 1 N–H and O–H groups in total. The summed E-state index contributed by atoms with van der Waals surface area (Å²) in [5, 5.41) is 9.87. The van der Waals surface area contributed by atoms with Crippen LogP contribution < -0.4 is 4.74 Å². The minimum atomic E-state index is -0.325. The summed E-state index contributed by atoms with van der Waals surface area (Å²) < 4.78 is 6.39. The van der Waals surface area contributed by atoms with Crippen LogP contribution in [0.15, 0.2) is 61.3 Å². The van der Waals surface area contributed by atoms with Gasteiger partial charge in [0.1, 0.15) is 18.0 Å². The molecule has 8 nitrogen and oxygen atoms in total. The summed E-state index contributed by atoms with van der Waals surface area (Å²) >= 11 is 0. The van der Waals surface area contributed by atoms with Crippen molar-refractivity contribution in [1.29, 1.82) is 0 Å². The lowest BCUT2D eigenvalue weighted by atomic mass is 9.99. The maximum atomic E-state index is 13.6. The van der Waals surface area contributed by atoms with E-state index in [9.17, 15) is 9.90 Å². The van der Waals surface area contributed by atoms with Gasteiger partial charge in [-0.2, -0.15) is 0 Å². The van der Waals surface area contributed by atoms with E-state index in [2.05, 4.69) is 26.8 Å². The average Bonchev–Trinajstić information content (AvgIpc) is 2.90. The lowest BCUT2D eigenvalue weighted by molar-refractivity contribution is 0.0325. The molecule has 0 saturated heterocycles. The molecule has 3 heterocycles. The number of aromatic nitrogens is 3. The van der Waals surface area contributed by atoms with Crippen LogP contribution in [0.25, 0.3) is 12.2 Å². The molecule has 8 heteroatoms. The predicted molar refractivity (Wildman–Crippen MR) is 139 cm³/mol. The van der Waals surface area contributed by atoms with Crippen LogP contribution in [0.3, 0.4) is 0 Å². The first-order valence-electron chi connectivity index (χ1n) is 12.2. The highest BCUT2D eigenvalue weighted by Gasteiger charge is 2.34. The first-order chi connectivity index (χ1) is 17.4. The number of amides is 1. The Morgan fingerprint density at radius 3 is 2.61 bits per heavy atom. The van der Waals surface area contributed by atoms with Gasteiger partial charge in [-0.15, -0.1) is 0 Å². The molecule has 0 aliphatic carbocycles. The minimum absolute atomic E-state index is 0.0185. The molecule has 2 aromatic heterocycles. The van der Waals surface area contributed by atoms with E-state index < -0.39 is 0 Å². The van der Waals surface area contributed by atoms with Crippen LogP contribution >= 0.6 is 0 Å². The zero-order chi connectivity index (χ0) is 25.5. The number of benzene rings is 1. The molecule has 1 amide bonds. The summed E-state index contributed by atoms with van der Waals surface area (Å²) in [6.45, 7) is 5.58. The van der Waals surface area contributed by atoms with E-state index >= 15 is 0 Å². The second kappa shape index (κ2) is 11.9. The number of aliphatic hydroxyl groups excluding tert-OH is 1. The first-order valence-corrected chi connectivity index (χ1v) is 12.2. The van der Waals surface area contributed by atoms with E-state index in [4.69, 9.17) is 4.74 Å². The molecule has 1 unspecified atom stereocenters. The number of carbonyl (C=O) groups excluding carboxylic acids is 1. The van der Waals surface area contributed by atoms with Crippen molar-refractivity contribution in [3.8, 4) is 5.88 Å². The Morgan fingerprint density at radius 1 is 1.17 bits per heavy atom. The standard InChI is InChI=1S/C28H33N5O3/c1-20-15-33(21(2)18-34)28(35)25-11-23(10-9-22-7-5-4-6-8-22)14-31-27(25)36-26(20)17-32(3)16-24-12-29-19-30-13-24/h4-14,19-21,26,34H,15-18H2,1-3H3/t20-,21?,26+/m0/s1. The Bertz CT molecular complexity index is 1170. The molecule has 3 aromatic rings. The number of aliphatic hydroxyl groups is 1. The Balaban J connectivity index is 1.61. The molecule has 0 spiro atoms. The van der Waals surface area contributed by atoms with E-state index in [-0.39, 0.29) is 30.6 Å². The topological polar surface area (TPSA) is 91.7 Å². The largest absolute Gasteiger partial charge is 0.472 e. The van der Waals surface area contributed by atoms with E-state index in [0.717, 1.165) is 16.7 Å². The van der Waals surface area contributed by atoms with Gasteiger partial charge in [-0.05, 0) is 31.2 Å². The molecule has 1 aliphatic rings. The summed E-state index contributed by atoms with van der Waals surface area (Å²) in [5.74, 6) is 0.152. The number of ether oxygens (including phenoxy) is 1. The highest BCUT2D eigenvalue weighted by Crippen LogP contribution is 2.28. The van der Waals surface area contributed by atoms with Gasteiger partial charge in [0.2, 0.25) is 5.88 Å². The molecule has 1 aromatic carbocycles. The van der Waals surface area contributed by atoms with Crippen LogP contribution in [0, 0.1) is 5.92 Å². The van der Waals surface area contributed by atoms with Gasteiger partial charge in [0.15, 0.2) is 0 Å². The second-order valence-corrected chi connectivity index (χ2v) is 9.43. The normalized spacial score (nSPS) is 19.0. The van der Waals surface area contributed by atoms with Crippen molar-refractivity contribution in [3.63, 3.8) is 0 Å². The van der Waals surface area contributed by atoms with Crippen molar-refractivity contribution in [2.45, 2.75) is 32.5 Å². The Kier molecular flexibility index (Phi) is 8.40. The van der Waals surface area contributed by atoms with E-state index in [1.165, 1.54) is 6.33 Å². The summed E-state index contributed by atoms with van der Waals surface area (Å²) in [5.41, 5.74) is 3.28. The number of carbonyl (C=O) groups is 1. The van der Waals surface area contributed by atoms with Crippen molar-refractivity contribution < 1.29 is 14.6 Å². The zero-order valence-corrected chi connectivity index (χ0v) is 21.0. The van der Waals surface area contributed by atoms with Gasteiger partial charge in [0, 0.05) is 49.7 Å². The molecule has 1 aliphatic heterocycles. The monoisotopic (exact) mass is 487 g/mol. The molecule has 0 fully saturated rings. The van der Waals surface area contributed by atoms with Crippen molar-refractivity contribution in [2.75, 3.05) is 26.7 Å². The summed E-state index contributed by atoms with van der Waals surface area (Å²) in [7, 11) is 2.02.